The molecule has 1 nitrogen and oxygen atoms in total. The first kappa shape index (κ1) is 8.82. The predicted molar refractivity (Wildman–Crippen MR) is 58.2 cm³/mol. The lowest BCUT2D eigenvalue weighted by Gasteiger charge is -2.13. The van der Waals surface area contributed by atoms with Crippen molar-refractivity contribution in [2.24, 2.45) is 0 Å². The molecule has 1 aliphatic carbocycles. The fourth-order valence-electron chi connectivity index (χ4n) is 1.56. The lowest BCUT2D eigenvalue weighted by molar-refractivity contribution is 0.414. The van der Waals surface area contributed by atoms with Crippen molar-refractivity contribution in [2.45, 2.75) is 12.8 Å². The second-order valence-corrected chi connectivity index (χ2v) is 4.17. The molecule has 0 radical (unpaired) electrons. The number of hydrogen-bond donors (Lipinski definition) is 0. The molecule has 0 fully saturated rings. The zero-order valence-electron chi connectivity index (χ0n) is 7.51. The lowest BCUT2D eigenvalue weighted by Crippen LogP contribution is -1.96. The molecule has 0 saturated carbocycles. The average molecular weight is 239 g/mol. The molecule has 0 bridgehead atoms. The molecule has 0 spiro atoms. The molecule has 2 heteroatoms. The minimum atomic E-state index is 0.928. The number of methoxy groups -OCH3 is 1. The molecule has 0 atom stereocenters. The molecule has 0 aliphatic heterocycles. The minimum Gasteiger partial charge on any atom is -0.497 e. The van der Waals surface area contributed by atoms with Gasteiger partial charge in [0.15, 0.2) is 0 Å². The Balaban J connectivity index is 2.45. The van der Waals surface area contributed by atoms with E-state index in [1.165, 1.54) is 15.6 Å². The zero-order chi connectivity index (χ0) is 9.26. The van der Waals surface area contributed by atoms with E-state index in [2.05, 4.69) is 34.1 Å². The summed E-state index contributed by atoms with van der Waals surface area (Å²) in [6, 6.07) is 6.24. The van der Waals surface area contributed by atoms with Crippen molar-refractivity contribution in [3.63, 3.8) is 0 Å². The molecule has 1 aromatic carbocycles. The van der Waals surface area contributed by atoms with Crippen LogP contribution in [0.25, 0.3) is 6.08 Å². The minimum absolute atomic E-state index is 0.928. The number of allylic oxidation sites excluding steroid dienone is 1. The first-order chi connectivity index (χ1) is 6.29. The van der Waals surface area contributed by atoms with Crippen molar-refractivity contribution in [3.8, 4) is 5.75 Å². The highest BCUT2D eigenvalue weighted by Crippen LogP contribution is 2.29. The van der Waals surface area contributed by atoms with E-state index in [0.717, 1.165) is 18.6 Å². The lowest BCUT2D eigenvalue weighted by atomic mass is 9.97. The number of aryl methyl sites for hydroxylation is 1. The summed E-state index contributed by atoms with van der Waals surface area (Å²) in [5, 5.41) is 0. The van der Waals surface area contributed by atoms with Crippen molar-refractivity contribution in [2.75, 3.05) is 7.11 Å². The van der Waals surface area contributed by atoms with E-state index in [-0.39, 0.29) is 0 Å². The number of halogens is 1. The van der Waals surface area contributed by atoms with E-state index in [1.54, 1.807) is 7.11 Å². The van der Waals surface area contributed by atoms with Gasteiger partial charge in [0.25, 0.3) is 0 Å². The number of rotatable bonds is 1. The van der Waals surface area contributed by atoms with Crippen LogP contribution in [-0.4, -0.2) is 7.11 Å². The Morgan fingerprint density at radius 1 is 1.31 bits per heavy atom. The van der Waals surface area contributed by atoms with Crippen LogP contribution in [0.1, 0.15) is 17.5 Å². The van der Waals surface area contributed by atoms with E-state index >= 15 is 0 Å². The third kappa shape index (κ3) is 1.78. The molecule has 0 unspecified atom stereocenters. The Morgan fingerprint density at radius 3 is 2.92 bits per heavy atom. The van der Waals surface area contributed by atoms with Crippen LogP contribution >= 0.6 is 15.9 Å². The van der Waals surface area contributed by atoms with Gasteiger partial charge in [-0.3, -0.25) is 0 Å². The number of benzene rings is 1. The molecular weight excluding hydrogens is 228 g/mol. The maximum atomic E-state index is 5.17. The van der Waals surface area contributed by atoms with E-state index < -0.39 is 0 Å². The van der Waals surface area contributed by atoms with Crippen molar-refractivity contribution >= 4 is 22.0 Å². The van der Waals surface area contributed by atoms with Gasteiger partial charge in [-0.15, -0.1) is 0 Å². The Kier molecular flexibility index (Phi) is 2.40. The van der Waals surface area contributed by atoms with E-state index in [9.17, 15) is 0 Å². The largest absolute Gasteiger partial charge is 0.497 e. The van der Waals surface area contributed by atoms with Gasteiger partial charge >= 0.3 is 0 Å². The predicted octanol–water partition coefficient (Wildman–Crippen LogP) is 3.38. The van der Waals surface area contributed by atoms with Gasteiger partial charge in [-0.1, -0.05) is 22.0 Å². The van der Waals surface area contributed by atoms with Gasteiger partial charge in [-0.2, -0.15) is 0 Å². The summed E-state index contributed by atoms with van der Waals surface area (Å²) in [5.41, 5.74) is 2.68. The molecule has 1 aromatic rings. The molecular formula is C11H11BrO. The molecule has 0 heterocycles. The van der Waals surface area contributed by atoms with Gasteiger partial charge in [0.1, 0.15) is 5.75 Å². The third-order valence-electron chi connectivity index (χ3n) is 2.30. The maximum absolute atomic E-state index is 5.17. The first-order valence-electron chi connectivity index (χ1n) is 4.32. The summed E-state index contributed by atoms with van der Waals surface area (Å²) >= 11 is 3.52. The van der Waals surface area contributed by atoms with Crippen molar-refractivity contribution in [1.82, 2.24) is 0 Å². The standard InChI is InChI=1S/C11H11BrO/c1-13-11-5-3-8-2-4-10(12)6-9(8)7-11/h3,5-7H,2,4H2,1H3. The van der Waals surface area contributed by atoms with Crippen LogP contribution in [0, 0.1) is 0 Å². The normalized spacial score (nSPS) is 14.8. The molecule has 1 aliphatic rings. The van der Waals surface area contributed by atoms with Crippen LogP contribution in [0.5, 0.6) is 5.75 Å². The maximum Gasteiger partial charge on any atom is 0.119 e. The van der Waals surface area contributed by atoms with Crippen molar-refractivity contribution in [1.29, 1.82) is 0 Å². The molecule has 2 rings (SSSR count). The van der Waals surface area contributed by atoms with E-state index in [1.807, 2.05) is 6.07 Å². The summed E-state index contributed by atoms with van der Waals surface area (Å²) in [6.45, 7) is 0. The van der Waals surface area contributed by atoms with Crippen molar-refractivity contribution in [3.05, 3.63) is 33.8 Å². The summed E-state index contributed by atoms with van der Waals surface area (Å²) in [5.74, 6) is 0.928. The van der Waals surface area contributed by atoms with Gasteiger partial charge in [-0.05, 0) is 46.7 Å². The Bertz CT molecular complexity index is 355. The van der Waals surface area contributed by atoms with Crippen LogP contribution in [0.2, 0.25) is 0 Å². The molecule has 0 amide bonds. The SMILES string of the molecule is COc1ccc2c(c1)C=C(Br)CC2. The van der Waals surface area contributed by atoms with Gasteiger partial charge in [0, 0.05) is 0 Å². The number of hydrogen-bond acceptors (Lipinski definition) is 1. The van der Waals surface area contributed by atoms with Crippen LogP contribution in [0.4, 0.5) is 0 Å². The highest BCUT2D eigenvalue weighted by Gasteiger charge is 2.08. The van der Waals surface area contributed by atoms with E-state index in [0.29, 0.717) is 0 Å². The van der Waals surface area contributed by atoms with E-state index in [4.69, 9.17) is 4.74 Å². The van der Waals surface area contributed by atoms with Crippen LogP contribution in [-0.2, 0) is 6.42 Å². The zero-order valence-corrected chi connectivity index (χ0v) is 9.10. The molecule has 0 saturated heterocycles. The average Bonchev–Trinajstić information content (AvgIpc) is 2.16. The fraction of sp³-hybridized carbons (Fsp3) is 0.273. The van der Waals surface area contributed by atoms with Crippen LogP contribution in [0.3, 0.4) is 0 Å². The Hall–Kier alpha value is -0.760. The van der Waals surface area contributed by atoms with Gasteiger partial charge in [0.2, 0.25) is 0 Å². The molecule has 13 heavy (non-hydrogen) atoms. The Morgan fingerprint density at radius 2 is 2.15 bits per heavy atom. The second-order valence-electron chi connectivity index (χ2n) is 3.16. The number of ether oxygens (including phenoxy) is 1. The topological polar surface area (TPSA) is 9.23 Å². The van der Waals surface area contributed by atoms with Gasteiger partial charge < -0.3 is 4.74 Å². The summed E-state index contributed by atoms with van der Waals surface area (Å²) in [6.07, 6.45) is 4.40. The summed E-state index contributed by atoms with van der Waals surface area (Å²) in [4.78, 5) is 0. The fourth-order valence-corrected chi connectivity index (χ4v) is 2.00. The smallest absolute Gasteiger partial charge is 0.119 e. The number of fused-ring (bicyclic) bond motifs is 1. The van der Waals surface area contributed by atoms with Crippen LogP contribution in [0.15, 0.2) is 22.7 Å². The highest BCUT2D eigenvalue weighted by molar-refractivity contribution is 9.11. The first-order valence-corrected chi connectivity index (χ1v) is 5.12. The third-order valence-corrected chi connectivity index (χ3v) is 2.92. The quantitative estimate of drug-likeness (QED) is 0.729. The monoisotopic (exact) mass is 238 g/mol. The summed E-state index contributed by atoms with van der Waals surface area (Å²) in [7, 11) is 1.70. The molecule has 68 valence electrons. The van der Waals surface area contributed by atoms with Gasteiger partial charge in [-0.25, -0.2) is 0 Å². The highest BCUT2D eigenvalue weighted by atomic mass is 79.9. The van der Waals surface area contributed by atoms with Gasteiger partial charge in [0.05, 0.1) is 7.11 Å². The molecule has 0 N–H and O–H groups in total. The van der Waals surface area contributed by atoms with Crippen molar-refractivity contribution < 1.29 is 4.74 Å². The molecule has 0 aromatic heterocycles. The Labute approximate surface area is 86.5 Å². The second kappa shape index (κ2) is 3.54. The summed E-state index contributed by atoms with van der Waals surface area (Å²) < 4.78 is 6.44. The van der Waals surface area contributed by atoms with Crippen LogP contribution < -0.4 is 4.74 Å².